The fraction of sp³-hybridized carbons (Fsp3) is 0.941. The van der Waals surface area contributed by atoms with Crippen LogP contribution in [0, 0.1) is 0 Å². The zero-order chi connectivity index (χ0) is 15.7. The van der Waals surface area contributed by atoms with Crippen LogP contribution in [0.1, 0.15) is 59.8 Å². The van der Waals surface area contributed by atoms with Crippen LogP contribution in [0.2, 0.25) is 0 Å². The van der Waals surface area contributed by atoms with Crippen LogP contribution in [0.4, 0.5) is 0 Å². The van der Waals surface area contributed by atoms with Gasteiger partial charge in [0, 0.05) is 13.1 Å². The summed E-state index contributed by atoms with van der Waals surface area (Å²) in [6, 6.07) is 0. The van der Waals surface area contributed by atoms with Crippen LogP contribution < -0.4 is 5.32 Å². The lowest BCUT2D eigenvalue weighted by molar-refractivity contribution is -0.138. The highest BCUT2D eigenvalue weighted by atomic mass is 16.2. The quantitative estimate of drug-likeness (QED) is 0.673. The summed E-state index contributed by atoms with van der Waals surface area (Å²) in [6.45, 7) is 14.7. The molecule has 1 rings (SSSR count). The van der Waals surface area contributed by atoms with Gasteiger partial charge >= 0.3 is 0 Å². The van der Waals surface area contributed by atoms with Crippen molar-refractivity contribution < 1.29 is 4.79 Å². The van der Waals surface area contributed by atoms with E-state index in [9.17, 15) is 4.79 Å². The lowest BCUT2D eigenvalue weighted by Crippen LogP contribution is -2.55. The van der Waals surface area contributed by atoms with Crippen LogP contribution in [0.5, 0.6) is 0 Å². The average Bonchev–Trinajstić information content (AvgIpc) is 2.97. The van der Waals surface area contributed by atoms with Gasteiger partial charge in [-0.2, -0.15) is 0 Å². The van der Waals surface area contributed by atoms with Gasteiger partial charge in [-0.15, -0.1) is 0 Å². The molecule has 1 atom stereocenters. The van der Waals surface area contributed by atoms with Crippen LogP contribution >= 0.6 is 0 Å². The maximum Gasteiger partial charge on any atom is 0.242 e. The molecule has 0 aromatic heterocycles. The molecule has 4 nitrogen and oxygen atoms in total. The molecular weight excluding hydrogens is 262 g/mol. The smallest absolute Gasteiger partial charge is 0.242 e. The molecule has 1 aliphatic rings. The van der Waals surface area contributed by atoms with Crippen LogP contribution in [0.25, 0.3) is 0 Å². The number of likely N-dealkylation sites (N-methyl/N-ethyl adjacent to an activating group) is 1. The van der Waals surface area contributed by atoms with Gasteiger partial charge in [0.15, 0.2) is 0 Å². The van der Waals surface area contributed by atoms with Gasteiger partial charge < -0.3 is 15.1 Å². The van der Waals surface area contributed by atoms with Crippen molar-refractivity contribution in [2.24, 2.45) is 0 Å². The van der Waals surface area contributed by atoms with Crippen molar-refractivity contribution in [1.82, 2.24) is 15.1 Å². The fourth-order valence-corrected chi connectivity index (χ4v) is 3.47. The third-order valence-corrected chi connectivity index (χ3v) is 4.80. The fourth-order valence-electron chi connectivity index (χ4n) is 3.47. The molecule has 0 bridgehead atoms. The minimum Gasteiger partial charge on any atom is -0.341 e. The molecule has 21 heavy (non-hydrogen) atoms. The van der Waals surface area contributed by atoms with Crippen molar-refractivity contribution in [2.75, 3.05) is 39.3 Å². The Labute approximate surface area is 131 Å². The van der Waals surface area contributed by atoms with E-state index >= 15 is 0 Å². The average molecular weight is 297 g/mol. The molecular formula is C17H35N3O. The highest BCUT2D eigenvalue weighted by Crippen LogP contribution is 2.27. The topological polar surface area (TPSA) is 35.6 Å². The van der Waals surface area contributed by atoms with Crippen molar-refractivity contribution in [3.63, 3.8) is 0 Å². The monoisotopic (exact) mass is 297 g/mol. The third-order valence-electron chi connectivity index (χ3n) is 4.80. The van der Waals surface area contributed by atoms with Crippen molar-refractivity contribution >= 4 is 5.91 Å². The normalized spacial score (nSPS) is 22.0. The second kappa shape index (κ2) is 9.42. The second-order valence-corrected chi connectivity index (χ2v) is 6.13. The first-order chi connectivity index (χ1) is 10.1. The van der Waals surface area contributed by atoms with Crippen molar-refractivity contribution in [3.8, 4) is 0 Å². The summed E-state index contributed by atoms with van der Waals surface area (Å²) in [6.07, 6.45) is 5.24. The van der Waals surface area contributed by atoms with E-state index in [4.69, 9.17) is 0 Å². The Morgan fingerprint density at radius 1 is 1.10 bits per heavy atom. The summed E-state index contributed by atoms with van der Waals surface area (Å²) >= 11 is 0. The van der Waals surface area contributed by atoms with Crippen LogP contribution in [0.15, 0.2) is 0 Å². The van der Waals surface area contributed by atoms with Crippen molar-refractivity contribution in [3.05, 3.63) is 0 Å². The van der Waals surface area contributed by atoms with Gasteiger partial charge in [0.2, 0.25) is 5.91 Å². The molecule has 1 aliphatic heterocycles. The lowest BCUT2D eigenvalue weighted by atomic mass is 9.90. The van der Waals surface area contributed by atoms with E-state index in [-0.39, 0.29) is 5.54 Å². The van der Waals surface area contributed by atoms with E-state index in [1.807, 2.05) is 0 Å². The zero-order valence-corrected chi connectivity index (χ0v) is 14.6. The first-order valence-electron chi connectivity index (χ1n) is 8.90. The molecule has 1 amide bonds. The number of hydrogen-bond donors (Lipinski definition) is 1. The molecule has 0 radical (unpaired) electrons. The van der Waals surface area contributed by atoms with Gasteiger partial charge in [-0.1, -0.05) is 27.2 Å². The summed E-state index contributed by atoms with van der Waals surface area (Å²) in [5.41, 5.74) is -0.264. The maximum absolute atomic E-state index is 13.0. The number of nitrogens with one attached hydrogen (secondary N) is 1. The Kier molecular flexibility index (Phi) is 8.27. The molecule has 1 unspecified atom stereocenters. The number of amides is 1. The number of rotatable bonds is 10. The lowest BCUT2D eigenvalue weighted by Gasteiger charge is -2.34. The predicted octanol–water partition coefficient (Wildman–Crippen LogP) is 2.49. The Morgan fingerprint density at radius 3 is 2.29 bits per heavy atom. The Balaban J connectivity index is 2.55. The third kappa shape index (κ3) is 4.96. The highest BCUT2D eigenvalue weighted by Gasteiger charge is 2.41. The van der Waals surface area contributed by atoms with Crippen LogP contribution in [0.3, 0.4) is 0 Å². The van der Waals surface area contributed by atoms with E-state index < -0.39 is 0 Å². The molecule has 1 N–H and O–H groups in total. The number of hydrogen-bond acceptors (Lipinski definition) is 3. The van der Waals surface area contributed by atoms with Crippen LogP contribution in [-0.4, -0.2) is 60.5 Å². The Morgan fingerprint density at radius 2 is 1.81 bits per heavy atom. The molecule has 0 aromatic carbocycles. The Bertz CT molecular complexity index is 296. The van der Waals surface area contributed by atoms with Crippen molar-refractivity contribution in [2.45, 2.75) is 65.3 Å². The summed E-state index contributed by atoms with van der Waals surface area (Å²) in [5, 5.41) is 3.51. The standard InChI is InChI=1S/C17H35N3O/c1-5-11-17(12-9-13-18-17)16(21)20(8-4)15-10-14-19(6-2)7-3/h18H,5-15H2,1-4H3. The molecule has 4 heteroatoms. The summed E-state index contributed by atoms with van der Waals surface area (Å²) < 4.78 is 0. The van der Waals surface area contributed by atoms with E-state index in [0.717, 1.165) is 71.4 Å². The molecule has 0 aliphatic carbocycles. The molecule has 0 saturated carbocycles. The summed E-state index contributed by atoms with van der Waals surface area (Å²) in [7, 11) is 0. The van der Waals surface area contributed by atoms with E-state index in [1.165, 1.54) is 0 Å². The minimum absolute atomic E-state index is 0.264. The molecule has 0 aromatic rings. The van der Waals surface area contributed by atoms with Gasteiger partial charge in [-0.3, -0.25) is 4.79 Å². The first kappa shape index (κ1) is 18.4. The summed E-state index contributed by atoms with van der Waals surface area (Å²) in [5.74, 6) is 0.337. The molecule has 1 fully saturated rings. The second-order valence-electron chi connectivity index (χ2n) is 6.13. The molecule has 124 valence electrons. The van der Waals surface area contributed by atoms with Crippen LogP contribution in [-0.2, 0) is 4.79 Å². The predicted molar refractivity (Wildman–Crippen MR) is 89.5 cm³/mol. The minimum atomic E-state index is -0.264. The van der Waals surface area contributed by atoms with E-state index in [1.54, 1.807) is 0 Å². The van der Waals surface area contributed by atoms with E-state index in [2.05, 4.69) is 42.8 Å². The van der Waals surface area contributed by atoms with Gasteiger partial charge in [-0.25, -0.2) is 0 Å². The number of nitrogens with zero attached hydrogens (tertiary/aromatic N) is 2. The van der Waals surface area contributed by atoms with Gasteiger partial charge in [-0.05, 0) is 58.8 Å². The Hall–Kier alpha value is -0.610. The number of carbonyl (C=O) groups is 1. The van der Waals surface area contributed by atoms with E-state index in [0.29, 0.717) is 5.91 Å². The van der Waals surface area contributed by atoms with Gasteiger partial charge in [0.25, 0.3) is 0 Å². The zero-order valence-electron chi connectivity index (χ0n) is 14.6. The largest absolute Gasteiger partial charge is 0.341 e. The maximum atomic E-state index is 13.0. The molecule has 1 saturated heterocycles. The molecule has 0 spiro atoms. The first-order valence-corrected chi connectivity index (χ1v) is 8.90. The molecule has 1 heterocycles. The highest BCUT2D eigenvalue weighted by molar-refractivity contribution is 5.86. The number of carbonyl (C=O) groups excluding carboxylic acids is 1. The van der Waals surface area contributed by atoms with Crippen molar-refractivity contribution in [1.29, 1.82) is 0 Å². The van der Waals surface area contributed by atoms with Gasteiger partial charge in [0.05, 0.1) is 5.54 Å². The summed E-state index contributed by atoms with van der Waals surface area (Å²) in [4.78, 5) is 17.4. The SMILES string of the molecule is CCCC1(C(=O)N(CC)CCCN(CC)CC)CCCN1. The van der Waals surface area contributed by atoms with Gasteiger partial charge in [0.1, 0.15) is 0 Å².